The number of piperazine rings is 1. The highest BCUT2D eigenvalue weighted by Gasteiger charge is 2.46. The van der Waals surface area contributed by atoms with Crippen molar-refractivity contribution in [3.8, 4) is 17.0 Å². The van der Waals surface area contributed by atoms with Gasteiger partial charge in [0.15, 0.2) is 17.7 Å². The van der Waals surface area contributed by atoms with Crippen LogP contribution in [0.3, 0.4) is 0 Å². The minimum Gasteiger partial charge on any atom is -0.554 e. The summed E-state index contributed by atoms with van der Waals surface area (Å²) in [6.07, 6.45) is 1.30. The summed E-state index contributed by atoms with van der Waals surface area (Å²) in [6, 6.07) is 7.30. The average molecular weight is 694 g/mol. The summed E-state index contributed by atoms with van der Waals surface area (Å²) in [5.74, 6) is -1.34. The zero-order valence-corrected chi connectivity index (χ0v) is 27.7. The molecule has 47 heavy (non-hydrogen) atoms. The highest BCUT2D eigenvalue weighted by atomic mass is 35.5. The number of likely N-dealkylation sites (tertiary alicyclic amines) is 1. The van der Waals surface area contributed by atoms with E-state index in [4.69, 9.17) is 37.8 Å². The fourth-order valence-corrected chi connectivity index (χ4v) is 6.41. The second-order valence-electron chi connectivity index (χ2n) is 11.7. The number of hydrogen-bond donors (Lipinski definition) is 2. The van der Waals surface area contributed by atoms with E-state index in [0.717, 1.165) is 0 Å². The van der Waals surface area contributed by atoms with Crippen molar-refractivity contribution in [3.05, 3.63) is 63.8 Å². The number of rotatable bonds is 6. The number of hydrogen-bond acceptors (Lipinski definition) is 8. The maximum atomic E-state index is 14.9. The number of nitrogens with one attached hydrogen (secondary N) is 1. The number of carboxylic acid groups (broad SMARTS) is 1. The molecule has 2 fully saturated rings. The van der Waals surface area contributed by atoms with Crippen molar-refractivity contribution >= 4 is 53.1 Å². The lowest BCUT2D eigenvalue weighted by Gasteiger charge is -2.38. The van der Waals surface area contributed by atoms with E-state index in [9.17, 15) is 23.9 Å². The Morgan fingerprint density at radius 3 is 2.34 bits per heavy atom. The Balaban J connectivity index is 0.00000160. The topological polar surface area (TPSA) is 157 Å². The van der Waals surface area contributed by atoms with Crippen molar-refractivity contribution in [2.45, 2.75) is 18.6 Å². The Morgan fingerprint density at radius 2 is 1.77 bits per heavy atom. The van der Waals surface area contributed by atoms with Crippen molar-refractivity contribution in [2.75, 3.05) is 59.2 Å². The number of carbonyl (C=O) groups excluding carboxylic acids is 4. The number of halogens is 3. The number of aliphatic hydroxyl groups is 1. The van der Waals surface area contributed by atoms with Crippen LogP contribution in [0.1, 0.15) is 27.4 Å². The minimum absolute atomic E-state index is 0.00505. The van der Waals surface area contributed by atoms with Gasteiger partial charge in [-0.2, -0.15) is 0 Å². The van der Waals surface area contributed by atoms with Crippen LogP contribution in [0.25, 0.3) is 11.3 Å². The number of carbonyl (C=O) groups is 4. The number of amides is 3. The number of nitrogens with zero attached hydrogens (tertiary/aromatic N) is 5. The summed E-state index contributed by atoms with van der Waals surface area (Å²) < 4.78 is 21.8. The van der Waals surface area contributed by atoms with Gasteiger partial charge < -0.3 is 43.9 Å². The third-order valence-corrected chi connectivity index (χ3v) is 9.04. The predicted molar refractivity (Wildman–Crippen MR) is 170 cm³/mol. The molecule has 252 valence electrons. The first kappa shape index (κ1) is 35.6. The third-order valence-electron chi connectivity index (χ3n) is 8.38. The van der Waals surface area contributed by atoms with Gasteiger partial charge >= 0.3 is 0 Å². The third kappa shape index (κ3) is 7.51. The summed E-state index contributed by atoms with van der Waals surface area (Å²) in [5.41, 5.74) is 1.10. The van der Waals surface area contributed by atoms with Gasteiger partial charge in [0.1, 0.15) is 23.4 Å². The number of anilines is 1. The molecule has 2 aliphatic rings. The van der Waals surface area contributed by atoms with Crippen LogP contribution in [0, 0.1) is 5.82 Å². The normalized spacial score (nSPS) is 18.6. The van der Waals surface area contributed by atoms with Crippen LogP contribution in [0.4, 0.5) is 10.1 Å². The van der Waals surface area contributed by atoms with E-state index in [1.807, 2.05) is 14.1 Å². The van der Waals surface area contributed by atoms with Crippen LogP contribution in [-0.2, 0) is 16.6 Å². The standard InChI is InChI=1S/C30H33Cl2FN6O5.CH2O2/c1-36-22(20-7-8-24(44-4)25(32)26(20)33)15-34-27(36)28(41)35-17-5-6-19(21(31)13-17)29(42)37-9-11-38(12-10-37)30(43)23-14-18(40)16-39(23,2)3;2-1-3/h5-8,13,15,18,23,40H,9-12,14,16H2,1-4H3;1H,(H,2,3)/t18-,23+;/m1./s1. The SMILES string of the molecule is COc1ccc(-c2cnc(C(=O)Nc3ccc(C(=O)N4CCN(C(=O)[C@@H]5C[C@@H](O)C[N+]5(C)C)CC4)c(Cl)c3)n2C)c(F)c1Cl.O=C[O-]. The van der Waals surface area contributed by atoms with E-state index in [2.05, 4.69) is 10.3 Å². The molecule has 0 radical (unpaired) electrons. The number of likely N-dealkylation sites (N-methyl/N-ethyl adjacent to an activating group) is 1. The fraction of sp³-hybridized carbons (Fsp3) is 0.387. The van der Waals surface area contributed by atoms with Crippen molar-refractivity contribution in [1.29, 1.82) is 0 Å². The molecule has 0 bridgehead atoms. The van der Waals surface area contributed by atoms with Crippen LogP contribution >= 0.6 is 23.2 Å². The molecule has 1 aromatic heterocycles. The number of aromatic nitrogens is 2. The van der Waals surface area contributed by atoms with Gasteiger partial charge in [-0.05, 0) is 30.3 Å². The van der Waals surface area contributed by atoms with Crippen molar-refractivity contribution < 1.29 is 43.0 Å². The first-order valence-corrected chi connectivity index (χ1v) is 15.3. The van der Waals surface area contributed by atoms with E-state index >= 15 is 0 Å². The molecule has 0 unspecified atom stereocenters. The summed E-state index contributed by atoms with van der Waals surface area (Å²) >= 11 is 12.5. The van der Waals surface area contributed by atoms with Gasteiger partial charge in [0.2, 0.25) is 0 Å². The second-order valence-corrected chi connectivity index (χ2v) is 12.5. The van der Waals surface area contributed by atoms with Crippen molar-refractivity contribution in [2.24, 2.45) is 7.05 Å². The Labute approximate surface area is 280 Å². The molecule has 0 spiro atoms. The van der Waals surface area contributed by atoms with E-state index in [1.165, 1.54) is 42.1 Å². The number of benzene rings is 2. The Morgan fingerprint density at radius 1 is 1.13 bits per heavy atom. The molecular formula is C31H35Cl2FN6O7. The van der Waals surface area contributed by atoms with Crippen LogP contribution in [0.15, 0.2) is 36.5 Å². The van der Waals surface area contributed by atoms with Gasteiger partial charge in [0.25, 0.3) is 17.7 Å². The van der Waals surface area contributed by atoms with Gasteiger partial charge in [0, 0.05) is 57.4 Å². The lowest BCUT2D eigenvalue weighted by atomic mass is 10.1. The molecule has 16 heteroatoms. The van der Waals surface area contributed by atoms with E-state index < -0.39 is 24.3 Å². The summed E-state index contributed by atoms with van der Waals surface area (Å²) in [4.78, 5) is 55.3. The molecule has 0 saturated carbocycles. The van der Waals surface area contributed by atoms with Crippen molar-refractivity contribution in [1.82, 2.24) is 19.4 Å². The van der Waals surface area contributed by atoms with Gasteiger partial charge in [-0.25, -0.2) is 9.37 Å². The highest BCUT2D eigenvalue weighted by Crippen LogP contribution is 2.34. The molecule has 13 nitrogen and oxygen atoms in total. The van der Waals surface area contributed by atoms with Crippen LogP contribution in [0.5, 0.6) is 5.75 Å². The van der Waals surface area contributed by atoms with Crippen LogP contribution < -0.4 is 15.2 Å². The predicted octanol–water partition coefficient (Wildman–Crippen LogP) is 1.65. The Bertz CT molecular complexity index is 1680. The average Bonchev–Trinajstić information content (AvgIpc) is 3.55. The Kier molecular flexibility index (Phi) is 11.1. The first-order chi connectivity index (χ1) is 22.2. The summed E-state index contributed by atoms with van der Waals surface area (Å²) in [5, 5.41) is 21.0. The maximum Gasteiger partial charge on any atom is 0.291 e. The van der Waals surface area contributed by atoms with Crippen LogP contribution in [0.2, 0.25) is 10.0 Å². The molecule has 3 aromatic rings. The molecule has 3 heterocycles. The van der Waals surface area contributed by atoms with Gasteiger partial charge in [0.05, 0.1) is 43.7 Å². The van der Waals surface area contributed by atoms with E-state index in [-0.39, 0.29) is 50.6 Å². The van der Waals surface area contributed by atoms with Crippen molar-refractivity contribution in [3.63, 3.8) is 0 Å². The smallest absolute Gasteiger partial charge is 0.291 e. The zero-order valence-electron chi connectivity index (χ0n) is 26.2. The molecular weight excluding hydrogens is 658 g/mol. The van der Waals surface area contributed by atoms with Gasteiger partial charge in [-0.1, -0.05) is 23.2 Å². The van der Waals surface area contributed by atoms with E-state index in [1.54, 1.807) is 22.9 Å². The number of methoxy groups -OCH3 is 1. The first-order valence-electron chi connectivity index (χ1n) is 14.5. The number of ether oxygens (including phenoxy) is 1. The molecule has 2 atom stereocenters. The number of aliphatic hydroxyl groups excluding tert-OH is 1. The molecule has 2 aliphatic heterocycles. The fourth-order valence-electron chi connectivity index (χ4n) is 5.91. The monoisotopic (exact) mass is 692 g/mol. The lowest BCUT2D eigenvalue weighted by molar-refractivity contribution is -0.894. The Hall–Kier alpha value is -4.24. The van der Waals surface area contributed by atoms with Gasteiger partial charge in [-0.3, -0.25) is 14.4 Å². The summed E-state index contributed by atoms with van der Waals surface area (Å²) in [7, 11) is 6.85. The summed E-state index contributed by atoms with van der Waals surface area (Å²) in [6.45, 7) is 1.52. The number of imidazole rings is 1. The minimum atomic E-state index is -0.696. The zero-order chi connectivity index (χ0) is 34.6. The molecule has 2 saturated heterocycles. The highest BCUT2D eigenvalue weighted by molar-refractivity contribution is 6.34. The lowest BCUT2D eigenvalue weighted by Crippen LogP contribution is -2.58. The van der Waals surface area contributed by atoms with Crippen LogP contribution in [-0.4, -0.2) is 119 Å². The largest absolute Gasteiger partial charge is 0.554 e. The van der Waals surface area contributed by atoms with Gasteiger partial charge in [-0.15, -0.1) is 0 Å². The molecule has 3 amide bonds. The second kappa shape index (κ2) is 14.7. The molecule has 2 N–H and O–H groups in total. The maximum absolute atomic E-state index is 14.9. The quantitative estimate of drug-likeness (QED) is 0.292. The molecule has 5 rings (SSSR count). The molecule has 2 aromatic carbocycles. The number of quaternary nitrogens is 1. The molecule has 0 aliphatic carbocycles. The van der Waals surface area contributed by atoms with E-state index in [0.29, 0.717) is 55.0 Å².